The van der Waals surface area contributed by atoms with Gasteiger partial charge >= 0.3 is 0 Å². The molecule has 1 heterocycles. The van der Waals surface area contributed by atoms with Crippen molar-refractivity contribution in [2.75, 3.05) is 5.32 Å². The maximum absolute atomic E-state index is 9.18. The zero-order valence-electron chi connectivity index (χ0n) is 11.4. The molecule has 0 fully saturated rings. The normalized spacial score (nSPS) is 11.2. The smallest absolute Gasteiger partial charge is 0.144 e. The lowest BCUT2D eigenvalue weighted by Gasteiger charge is -2.16. The highest BCUT2D eigenvalue weighted by Gasteiger charge is 2.11. The molecule has 0 aliphatic rings. The Morgan fingerprint density at radius 3 is 2.40 bits per heavy atom. The van der Waals surface area contributed by atoms with Gasteiger partial charge in [-0.05, 0) is 43.2 Å². The average Bonchev–Trinajstić information content (AvgIpc) is 2.47. The van der Waals surface area contributed by atoms with Crippen LogP contribution in [0.15, 0.2) is 36.5 Å². The summed E-state index contributed by atoms with van der Waals surface area (Å²) in [4.78, 5) is 4.22. The molecular weight excluding hydrogens is 248 g/mol. The summed E-state index contributed by atoms with van der Waals surface area (Å²) in [6, 6.07) is 13.4. The number of rotatable bonds is 3. The minimum Gasteiger partial charge on any atom is -0.362 e. The van der Waals surface area contributed by atoms with Gasteiger partial charge in [-0.3, -0.25) is 0 Å². The van der Waals surface area contributed by atoms with Gasteiger partial charge in [-0.15, -0.1) is 0 Å². The van der Waals surface area contributed by atoms with E-state index in [-0.39, 0.29) is 6.04 Å². The monoisotopic (exact) mass is 262 g/mol. The van der Waals surface area contributed by atoms with E-state index in [0.29, 0.717) is 16.9 Å². The molecule has 2 rings (SSSR count). The summed E-state index contributed by atoms with van der Waals surface area (Å²) in [5.41, 5.74) is 3.13. The lowest BCUT2D eigenvalue weighted by Crippen LogP contribution is -2.09. The van der Waals surface area contributed by atoms with Gasteiger partial charge in [-0.2, -0.15) is 10.5 Å². The Bertz CT molecular complexity index is 690. The minimum atomic E-state index is 0.00384. The van der Waals surface area contributed by atoms with Crippen molar-refractivity contribution in [1.82, 2.24) is 4.98 Å². The van der Waals surface area contributed by atoms with Crippen molar-refractivity contribution < 1.29 is 0 Å². The molecule has 1 aromatic carbocycles. The summed E-state index contributed by atoms with van der Waals surface area (Å²) in [5, 5.41) is 21.2. The molecule has 0 spiro atoms. The molecule has 20 heavy (non-hydrogen) atoms. The molecule has 2 aromatic rings. The summed E-state index contributed by atoms with van der Waals surface area (Å²) in [6.07, 6.45) is 1.68. The van der Waals surface area contributed by atoms with Crippen LogP contribution in [0.3, 0.4) is 0 Å². The maximum atomic E-state index is 9.18. The molecular formula is C16H14N4. The Balaban J connectivity index is 2.24. The molecule has 0 radical (unpaired) electrons. The Kier molecular flexibility index (Phi) is 3.98. The Labute approximate surface area is 118 Å². The topological polar surface area (TPSA) is 72.5 Å². The van der Waals surface area contributed by atoms with E-state index >= 15 is 0 Å². The van der Waals surface area contributed by atoms with Gasteiger partial charge in [-0.25, -0.2) is 4.98 Å². The zero-order chi connectivity index (χ0) is 14.5. The van der Waals surface area contributed by atoms with Gasteiger partial charge < -0.3 is 5.32 Å². The highest BCUT2D eigenvalue weighted by Crippen LogP contribution is 2.22. The van der Waals surface area contributed by atoms with E-state index in [9.17, 15) is 5.26 Å². The Hall–Kier alpha value is -2.85. The van der Waals surface area contributed by atoms with Crippen LogP contribution in [0.2, 0.25) is 0 Å². The van der Waals surface area contributed by atoms with Crippen LogP contribution < -0.4 is 5.32 Å². The van der Waals surface area contributed by atoms with Crippen LogP contribution >= 0.6 is 0 Å². The highest BCUT2D eigenvalue weighted by molar-refractivity contribution is 5.56. The third-order valence-electron chi connectivity index (χ3n) is 3.16. The molecule has 4 nitrogen and oxygen atoms in total. The van der Waals surface area contributed by atoms with Crippen LogP contribution in [0.1, 0.15) is 35.2 Å². The number of pyridine rings is 1. The molecule has 1 N–H and O–H groups in total. The number of nitrogens with zero attached hydrogens (tertiary/aromatic N) is 3. The molecule has 4 heteroatoms. The number of nitriles is 2. The van der Waals surface area contributed by atoms with Gasteiger partial charge in [0.2, 0.25) is 0 Å². The molecule has 0 aliphatic heterocycles. The highest BCUT2D eigenvalue weighted by atomic mass is 15.0. The first-order valence-corrected chi connectivity index (χ1v) is 6.28. The number of hydrogen-bond donors (Lipinski definition) is 1. The first kappa shape index (κ1) is 13.6. The number of nitrogens with one attached hydrogen (secondary N) is 1. The number of aryl methyl sites for hydroxylation is 1. The van der Waals surface area contributed by atoms with Crippen molar-refractivity contribution in [2.45, 2.75) is 19.9 Å². The number of benzene rings is 1. The molecule has 1 atom stereocenters. The van der Waals surface area contributed by atoms with Crippen LogP contribution in [-0.4, -0.2) is 4.98 Å². The number of aromatic nitrogens is 1. The predicted octanol–water partition coefficient (Wildman–Crippen LogP) is 3.31. The molecule has 0 saturated heterocycles. The van der Waals surface area contributed by atoms with Crippen LogP contribution in [-0.2, 0) is 0 Å². The summed E-state index contributed by atoms with van der Waals surface area (Å²) in [5.74, 6) is 0.587. The van der Waals surface area contributed by atoms with Crippen molar-refractivity contribution in [3.05, 3.63) is 58.8 Å². The second kappa shape index (κ2) is 5.86. The average molecular weight is 262 g/mol. The Morgan fingerprint density at radius 2 is 1.80 bits per heavy atom. The summed E-state index contributed by atoms with van der Waals surface area (Å²) in [6.45, 7) is 3.88. The third kappa shape index (κ3) is 2.76. The van der Waals surface area contributed by atoms with Crippen molar-refractivity contribution in [2.24, 2.45) is 0 Å². The number of anilines is 1. The molecule has 0 saturated carbocycles. The van der Waals surface area contributed by atoms with Gasteiger partial charge in [0.25, 0.3) is 0 Å². The first-order valence-electron chi connectivity index (χ1n) is 6.28. The predicted molar refractivity (Wildman–Crippen MR) is 76.9 cm³/mol. The van der Waals surface area contributed by atoms with Crippen molar-refractivity contribution >= 4 is 5.82 Å². The van der Waals surface area contributed by atoms with E-state index in [0.717, 1.165) is 11.1 Å². The molecule has 0 amide bonds. The molecule has 1 aromatic heterocycles. The second-order valence-electron chi connectivity index (χ2n) is 4.56. The molecule has 0 aliphatic carbocycles. The Morgan fingerprint density at radius 1 is 1.10 bits per heavy atom. The van der Waals surface area contributed by atoms with Gasteiger partial charge in [0.15, 0.2) is 0 Å². The van der Waals surface area contributed by atoms with E-state index in [1.165, 1.54) is 0 Å². The van der Waals surface area contributed by atoms with Gasteiger partial charge in [-0.1, -0.05) is 12.1 Å². The lowest BCUT2D eigenvalue weighted by atomic mass is 10.1. The fourth-order valence-corrected chi connectivity index (χ4v) is 1.94. The van der Waals surface area contributed by atoms with Crippen LogP contribution in [0.5, 0.6) is 0 Å². The van der Waals surface area contributed by atoms with E-state index in [4.69, 9.17) is 5.26 Å². The van der Waals surface area contributed by atoms with Crippen LogP contribution in [0.4, 0.5) is 5.82 Å². The fraction of sp³-hybridized carbons (Fsp3) is 0.188. The summed E-state index contributed by atoms with van der Waals surface area (Å²) < 4.78 is 0. The van der Waals surface area contributed by atoms with E-state index in [1.54, 1.807) is 18.3 Å². The molecule has 98 valence electrons. The van der Waals surface area contributed by atoms with Gasteiger partial charge in [0, 0.05) is 12.2 Å². The molecule has 1 unspecified atom stereocenters. The van der Waals surface area contributed by atoms with Crippen LogP contribution in [0, 0.1) is 29.6 Å². The van der Waals surface area contributed by atoms with Crippen molar-refractivity contribution in [3.8, 4) is 12.1 Å². The van der Waals surface area contributed by atoms with Crippen molar-refractivity contribution in [3.63, 3.8) is 0 Å². The molecule has 0 bridgehead atoms. The van der Waals surface area contributed by atoms with E-state index in [2.05, 4.69) is 22.4 Å². The van der Waals surface area contributed by atoms with Crippen LogP contribution in [0.25, 0.3) is 0 Å². The maximum Gasteiger partial charge on any atom is 0.144 e. The quantitative estimate of drug-likeness (QED) is 0.921. The zero-order valence-corrected chi connectivity index (χ0v) is 11.4. The SMILES string of the molecule is Cc1ccnc(NC(C)c2ccc(C#N)cc2)c1C#N. The number of hydrogen-bond acceptors (Lipinski definition) is 4. The van der Waals surface area contributed by atoms with Gasteiger partial charge in [0.05, 0.1) is 17.2 Å². The van der Waals surface area contributed by atoms with Gasteiger partial charge in [0.1, 0.15) is 11.9 Å². The summed E-state index contributed by atoms with van der Waals surface area (Å²) in [7, 11) is 0. The van der Waals surface area contributed by atoms with E-state index in [1.807, 2.05) is 32.0 Å². The van der Waals surface area contributed by atoms with E-state index < -0.39 is 0 Å². The lowest BCUT2D eigenvalue weighted by molar-refractivity contribution is 0.872. The second-order valence-corrected chi connectivity index (χ2v) is 4.56. The largest absolute Gasteiger partial charge is 0.362 e. The third-order valence-corrected chi connectivity index (χ3v) is 3.16. The minimum absolute atomic E-state index is 0.00384. The van der Waals surface area contributed by atoms with Crippen molar-refractivity contribution in [1.29, 1.82) is 10.5 Å². The summed E-state index contributed by atoms with van der Waals surface area (Å²) >= 11 is 0. The standard InChI is InChI=1S/C16H14N4/c1-11-7-8-19-16(15(11)10-18)20-12(2)14-5-3-13(9-17)4-6-14/h3-8,12H,1-2H3,(H,19,20). The fourth-order valence-electron chi connectivity index (χ4n) is 1.94. The first-order chi connectivity index (χ1) is 9.65.